The molecule has 0 aliphatic rings. The second-order valence-corrected chi connectivity index (χ2v) is 4.80. The first kappa shape index (κ1) is 15.1. The molecule has 1 aromatic heterocycles. The average molecular weight is 289 g/mol. The van der Waals surface area contributed by atoms with E-state index in [1.807, 2.05) is 0 Å². The van der Waals surface area contributed by atoms with Gasteiger partial charge in [-0.1, -0.05) is 12.1 Å². The third kappa shape index (κ3) is 4.36. The molecular formula is C16H19NO4. The second kappa shape index (κ2) is 6.95. The maximum atomic E-state index is 11.9. The summed E-state index contributed by atoms with van der Waals surface area (Å²) in [5, 5.41) is 12.2. The van der Waals surface area contributed by atoms with Crippen molar-refractivity contribution in [3.8, 4) is 5.75 Å². The number of aliphatic hydroxyl groups excluding tert-OH is 1. The lowest BCUT2D eigenvalue weighted by Crippen LogP contribution is -2.35. The van der Waals surface area contributed by atoms with Gasteiger partial charge in [0.25, 0.3) is 5.91 Å². The van der Waals surface area contributed by atoms with Crippen LogP contribution < -0.4 is 10.1 Å². The Kier molecular flexibility index (Phi) is 5.00. The van der Waals surface area contributed by atoms with Crippen LogP contribution in [0.4, 0.5) is 0 Å². The minimum Gasteiger partial charge on any atom is -0.481 e. The smallest absolute Gasteiger partial charge is 0.261 e. The molecule has 112 valence electrons. The number of rotatable bonds is 6. The fourth-order valence-electron chi connectivity index (χ4n) is 1.81. The summed E-state index contributed by atoms with van der Waals surface area (Å²) in [5.74, 6) is 1.06. The van der Waals surface area contributed by atoms with Crippen molar-refractivity contribution < 1.29 is 19.1 Å². The van der Waals surface area contributed by atoms with Crippen molar-refractivity contribution in [2.75, 3.05) is 0 Å². The Labute approximate surface area is 123 Å². The van der Waals surface area contributed by atoms with Gasteiger partial charge in [-0.3, -0.25) is 4.79 Å². The molecule has 0 aliphatic carbocycles. The van der Waals surface area contributed by atoms with Gasteiger partial charge in [0.15, 0.2) is 6.10 Å². The highest BCUT2D eigenvalue weighted by molar-refractivity contribution is 5.80. The van der Waals surface area contributed by atoms with Crippen LogP contribution in [-0.4, -0.2) is 17.1 Å². The van der Waals surface area contributed by atoms with Gasteiger partial charge in [0.2, 0.25) is 0 Å². The van der Waals surface area contributed by atoms with Crippen molar-refractivity contribution in [3.63, 3.8) is 0 Å². The third-order valence-corrected chi connectivity index (χ3v) is 3.06. The number of ether oxygens (including phenoxy) is 1. The van der Waals surface area contributed by atoms with Crippen molar-refractivity contribution in [1.82, 2.24) is 5.32 Å². The second-order valence-electron chi connectivity index (χ2n) is 4.80. The molecule has 2 rings (SSSR count). The van der Waals surface area contributed by atoms with Gasteiger partial charge < -0.3 is 19.6 Å². The van der Waals surface area contributed by atoms with Gasteiger partial charge in [0, 0.05) is 0 Å². The van der Waals surface area contributed by atoms with Crippen LogP contribution in [0.25, 0.3) is 0 Å². The van der Waals surface area contributed by atoms with Crippen LogP contribution in [0.2, 0.25) is 0 Å². The van der Waals surface area contributed by atoms with Gasteiger partial charge in [0.05, 0.1) is 18.9 Å². The van der Waals surface area contributed by atoms with Crippen molar-refractivity contribution in [3.05, 3.63) is 54.0 Å². The van der Waals surface area contributed by atoms with E-state index in [1.165, 1.54) is 0 Å². The Morgan fingerprint density at radius 2 is 2.00 bits per heavy atom. The predicted octanol–water partition coefficient (Wildman–Crippen LogP) is 2.42. The summed E-state index contributed by atoms with van der Waals surface area (Å²) in [6.07, 6.45) is 0.427. The zero-order valence-corrected chi connectivity index (χ0v) is 12.1. The number of furan rings is 1. The van der Waals surface area contributed by atoms with Gasteiger partial charge >= 0.3 is 0 Å². The quantitative estimate of drug-likeness (QED) is 0.856. The normalized spacial score (nSPS) is 13.5. The van der Waals surface area contributed by atoms with E-state index in [9.17, 15) is 9.90 Å². The molecule has 1 aromatic carbocycles. The molecule has 0 fully saturated rings. The van der Waals surface area contributed by atoms with E-state index in [1.54, 1.807) is 56.5 Å². The van der Waals surface area contributed by atoms with Crippen molar-refractivity contribution in [2.45, 2.75) is 32.6 Å². The first-order valence-corrected chi connectivity index (χ1v) is 6.81. The molecule has 2 N–H and O–H groups in total. The van der Waals surface area contributed by atoms with Crippen LogP contribution in [-0.2, 0) is 11.3 Å². The average Bonchev–Trinajstić information content (AvgIpc) is 2.98. The van der Waals surface area contributed by atoms with Crippen molar-refractivity contribution in [1.29, 1.82) is 0 Å². The molecule has 1 amide bonds. The largest absolute Gasteiger partial charge is 0.481 e. The highest BCUT2D eigenvalue weighted by atomic mass is 16.5. The topological polar surface area (TPSA) is 71.7 Å². The number of carbonyl (C=O) groups is 1. The van der Waals surface area contributed by atoms with Crippen LogP contribution >= 0.6 is 0 Å². The van der Waals surface area contributed by atoms with E-state index in [0.717, 1.165) is 5.56 Å². The Morgan fingerprint density at radius 3 is 2.57 bits per heavy atom. The summed E-state index contributed by atoms with van der Waals surface area (Å²) >= 11 is 0. The molecule has 0 aliphatic heterocycles. The number of amides is 1. The molecule has 0 saturated carbocycles. The number of benzene rings is 1. The van der Waals surface area contributed by atoms with Gasteiger partial charge in [-0.25, -0.2) is 0 Å². The lowest BCUT2D eigenvalue weighted by atomic mass is 10.1. The fourth-order valence-corrected chi connectivity index (χ4v) is 1.81. The Hall–Kier alpha value is -2.27. The van der Waals surface area contributed by atoms with Gasteiger partial charge in [-0.15, -0.1) is 0 Å². The molecular weight excluding hydrogens is 270 g/mol. The van der Waals surface area contributed by atoms with E-state index in [4.69, 9.17) is 9.15 Å². The summed E-state index contributed by atoms with van der Waals surface area (Å²) in [6.45, 7) is 3.71. The number of nitrogens with one attached hydrogen (secondary N) is 1. The summed E-state index contributed by atoms with van der Waals surface area (Å²) < 4.78 is 10.7. The summed E-state index contributed by atoms with van der Waals surface area (Å²) in [4.78, 5) is 11.9. The predicted molar refractivity (Wildman–Crippen MR) is 77.7 cm³/mol. The van der Waals surface area contributed by atoms with Crippen molar-refractivity contribution >= 4 is 5.91 Å². The minimum absolute atomic E-state index is 0.217. The summed E-state index contributed by atoms with van der Waals surface area (Å²) in [6, 6.07) is 10.6. The molecule has 2 aromatic rings. The summed E-state index contributed by atoms with van der Waals surface area (Å²) in [5.41, 5.74) is 0.803. The molecule has 0 saturated heterocycles. The highest BCUT2D eigenvalue weighted by Gasteiger charge is 2.14. The molecule has 0 radical (unpaired) electrons. The minimum atomic E-state index is -0.614. The first-order valence-electron chi connectivity index (χ1n) is 6.81. The molecule has 0 bridgehead atoms. The van der Waals surface area contributed by atoms with Gasteiger partial charge in [-0.2, -0.15) is 0 Å². The number of aliphatic hydroxyl groups is 1. The SMILES string of the molecule is CC(Oc1ccc([C@H](C)O)cc1)C(=O)NCc1ccco1. The standard InChI is InChI=1S/C16H19NO4/c1-11(18)13-5-7-14(8-6-13)21-12(2)16(19)17-10-15-4-3-9-20-15/h3-9,11-12,18H,10H2,1-2H3,(H,17,19)/t11-,12?/m0/s1. The number of carbonyl (C=O) groups excluding carboxylic acids is 1. The van der Waals surface area contributed by atoms with Crippen LogP contribution in [0, 0.1) is 0 Å². The number of hydrogen-bond donors (Lipinski definition) is 2. The van der Waals surface area contributed by atoms with E-state index >= 15 is 0 Å². The maximum Gasteiger partial charge on any atom is 0.261 e. The molecule has 5 heteroatoms. The van der Waals surface area contributed by atoms with E-state index < -0.39 is 12.2 Å². The monoisotopic (exact) mass is 289 g/mol. The fraction of sp³-hybridized carbons (Fsp3) is 0.312. The van der Waals surface area contributed by atoms with Crippen LogP contribution in [0.3, 0.4) is 0 Å². The van der Waals surface area contributed by atoms with Crippen LogP contribution in [0.15, 0.2) is 47.1 Å². The number of hydrogen-bond acceptors (Lipinski definition) is 4. The molecule has 21 heavy (non-hydrogen) atoms. The first-order chi connectivity index (χ1) is 10.1. The van der Waals surface area contributed by atoms with Gasteiger partial charge in [0.1, 0.15) is 11.5 Å². The van der Waals surface area contributed by atoms with E-state index in [-0.39, 0.29) is 5.91 Å². The van der Waals surface area contributed by atoms with Crippen molar-refractivity contribution in [2.24, 2.45) is 0 Å². The molecule has 5 nitrogen and oxygen atoms in total. The highest BCUT2D eigenvalue weighted by Crippen LogP contribution is 2.18. The molecule has 0 spiro atoms. The maximum absolute atomic E-state index is 11.9. The zero-order valence-electron chi connectivity index (χ0n) is 12.1. The Balaban J connectivity index is 1.85. The lowest BCUT2D eigenvalue weighted by Gasteiger charge is -2.15. The molecule has 1 unspecified atom stereocenters. The lowest BCUT2D eigenvalue weighted by molar-refractivity contribution is -0.127. The Bertz CT molecular complexity index is 560. The van der Waals surface area contributed by atoms with Crippen LogP contribution in [0.1, 0.15) is 31.3 Å². The molecule has 1 heterocycles. The Morgan fingerprint density at radius 1 is 1.29 bits per heavy atom. The van der Waals surface area contributed by atoms with Gasteiger partial charge in [-0.05, 0) is 43.7 Å². The third-order valence-electron chi connectivity index (χ3n) is 3.06. The molecule has 2 atom stereocenters. The summed E-state index contributed by atoms with van der Waals surface area (Å²) in [7, 11) is 0. The van der Waals surface area contributed by atoms with E-state index in [2.05, 4.69) is 5.32 Å². The van der Waals surface area contributed by atoms with E-state index in [0.29, 0.717) is 18.1 Å². The zero-order chi connectivity index (χ0) is 15.2. The van der Waals surface area contributed by atoms with Crippen LogP contribution in [0.5, 0.6) is 5.75 Å².